The van der Waals surface area contributed by atoms with Crippen LogP contribution in [0.25, 0.3) is 0 Å². The summed E-state index contributed by atoms with van der Waals surface area (Å²) < 4.78 is 0. The lowest BCUT2D eigenvalue weighted by Gasteiger charge is -2.10. The standard InChI is InChI=1S/C22H24N4O/c1-15-9-10-19(13-16(15)2)25-22-24-17(3)14-20(26-22)21(27)23-12-11-18-7-5-4-6-8-18/h4-10,13-14H,11-12H2,1-3H3,(H,23,27)(H,24,25,26). The monoisotopic (exact) mass is 360 g/mol. The van der Waals surface area contributed by atoms with Gasteiger partial charge < -0.3 is 10.6 Å². The minimum Gasteiger partial charge on any atom is -0.350 e. The fourth-order valence-corrected chi connectivity index (χ4v) is 2.74. The highest BCUT2D eigenvalue weighted by atomic mass is 16.1. The molecule has 3 rings (SSSR count). The van der Waals surface area contributed by atoms with Crippen LogP contribution in [0.2, 0.25) is 0 Å². The molecule has 138 valence electrons. The summed E-state index contributed by atoms with van der Waals surface area (Å²) in [6.45, 7) is 6.54. The summed E-state index contributed by atoms with van der Waals surface area (Å²) in [5.41, 5.74) is 5.61. The second-order valence-electron chi connectivity index (χ2n) is 6.63. The van der Waals surface area contributed by atoms with E-state index >= 15 is 0 Å². The molecule has 3 aromatic rings. The number of rotatable bonds is 6. The third-order valence-electron chi connectivity index (χ3n) is 4.39. The van der Waals surface area contributed by atoms with E-state index in [1.54, 1.807) is 6.07 Å². The highest BCUT2D eigenvalue weighted by Crippen LogP contribution is 2.18. The van der Waals surface area contributed by atoms with Gasteiger partial charge in [-0.15, -0.1) is 0 Å². The first kappa shape index (κ1) is 18.6. The topological polar surface area (TPSA) is 66.9 Å². The van der Waals surface area contributed by atoms with Crippen LogP contribution in [0.1, 0.15) is 32.9 Å². The van der Waals surface area contributed by atoms with Crippen molar-refractivity contribution in [3.63, 3.8) is 0 Å². The van der Waals surface area contributed by atoms with Gasteiger partial charge >= 0.3 is 0 Å². The molecule has 1 amide bonds. The second-order valence-corrected chi connectivity index (χ2v) is 6.63. The largest absolute Gasteiger partial charge is 0.350 e. The Labute approximate surface area is 159 Å². The number of aromatic nitrogens is 2. The number of carbonyl (C=O) groups excluding carboxylic acids is 1. The van der Waals surface area contributed by atoms with Crippen molar-refractivity contribution in [2.24, 2.45) is 0 Å². The number of aryl methyl sites for hydroxylation is 3. The molecule has 2 N–H and O–H groups in total. The Kier molecular flexibility index (Phi) is 5.81. The summed E-state index contributed by atoms with van der Waals surface area (Å²) in [4.78, 5) is 21.2. The van der Waals surface area contributed by atoms with Gasteiger partial charge in [-0.2, -0.15) is 0 Å². The maximum Gasteiger partial charge on any atom is 0.270 e. The summed E-state index contributed by atoms with van der Waals surface area (Å²) in [5, 5.41) is 6.11. The third kappa shape index (κ3) is 5.14. The van der Waals surface area contributed by atoms with Gasteiger partial charge in [-0.1, -0.05) is 36.4 Å². The summed E-state index contributed by atoms with van der Waals surface area (Å²) in [6.07, 6.45) is 0.782. The number of anilines is 2. The van der Waals surface area contributed by atoms with Gasteiger partial charge in [0.2, 0.25) is 5.95 Å². The van der Waals surface area contributed by atoms with E-state index in [2.05, 4.69) is 34.4 Å². The molecule has 0 aliphatic heterocycles. The minimum absolute atomic E-state index is 0.195. The molecule has 5 heteroatoms. The summed E-state index contributed by atoms with van der Waals surface area (Å²) in [7, 11) is 0. The smallest absolute Gasteiger partial charge is 0.270 e. The summed E-state index contributed by atoms with van der Waals surface area (Å²) in [6, 6.07) is 17.8. The van der Waals surface area contributed by atoms with Crippen LogP contribution in [0.4, 0.5) is 11.6 Å². The predicted octanol–water partition coefficient (Wildman–Crippen LogP) is 4.12. The maximum atomic E-state index is 12.5. The van der Waals surface area contributed by atoms with Crippen molar-refractivity contribution in [2.75, 3.05) is 11.9 Å². The average molecular weight is 360 g/mol. The molecule has 27 heavy (non-hydrogen) atoms. The Morgan fingerprint density at radius 1 is 0.926 bits per heavy atom. The van der Waals surface area contributed by atoms with E-state index in [4.69, 9.17) is 0 Å². The molecule has 0 saturated carbocycles. The van der Waals surface area contributed by atoms with Gasteiger partial charge in [0.05, 0.1) is 0 Å². The molecule has 0 aliphatic rings. The number of nitrogens with zero attached hydrogens (tertiary/aromatic N) is 2. The number of carbonyl (C=O) groups is 1. The number of nitrogens with one attached hydrogen (secondary N) is 2. The number of amides is 1. The van der Waals surface area contributed by atoms with Gasteiger partial charge in [0, 0.05) is 17.9 Å². The normalized spacial score (nSPS) is 10.5. The summed E-state index contributed by atoms with van der Waals surface area (Å²) >= 11 is 0. The van der Waals surface area contributed by atoms with Gasteiger partial charge in [-0.05, 0) is 62.1 Å². The Hall–Kier alpha value is -3.21. The van der Waals surface area contributed by atoms with Crippen molar-refractivity contribution in [1.82, 2.24) is 15.3 Å². The van der Waals surface area contributed by atoms with Crippen molar-refractivity contribution >= 4 is 17.5 Å². The van der Waals surface area contributed by atoms with Gasteiger partial charge in [-0.25, -0.2) is 9.97 Å². The fraction of sp³-hybridized carbons (Fsp3) is 0.227. The third-order valence-corrected chi connectivity index (χ3v) is 4.39. The Balaban J connectivity index is 1.66. The Bertz CT molecular complexity index is 938. The number of hydrogen-bond acceptors (Lipinski definition) is 4. The van der Waals surface area contributed by atoms with Crippen molar-refractivity contribution in [3.8, 4) is 0 Å². The molecule has 0 spiro atoms. The zero-order valence-electron chi connectivity index (χ0n) is 15.9. The molecule has 1 aromatic heterocycles. The first-order valence-corrected chi connectivity index (χ1v) is 9.03. The molecule has 0 bridgehead atoms. The minimum atomic E-state index is -0.195. The second kappa shape index (κ2) is 8.45. The quantitative estimate of drug-likeness (QED) is 0.694. The van der Waals surface area contributed by atoms with Crippen molar-refractivity contribution in [3.05, 3.63) is 82.7 Å². The molecule has 0 fully saturated rings. The van der Waals surface area contributed by atoms with Crippen LogP contribution >= 0.6 is 0 Å². The molecule has 2 aromatic carbocycles. The highest BCUT2D eigenvalue weighted by Gasteiger charge is 2.11. The predicted molar refractivity (Wildman–Crippen MR) is 108 cm³/mol. The van der Waals surface area contributed by atoms with Crippen LogP contribution < -0.4 is 10.6 Å². The van der Waals surface area contributed by atoms with E-state index in [9.17, 15) is 4.79 Å². The van der Waals surface area contributed by atoms with E-state index in [1.165, 1.54) is 16.7 Å². The molecular weight excluding hydrogens is 336 g/mol. The maximum absolute atomic E-state index is 12.5. The fourth-order valence-electron chi connectivity index (χ4n) is 2.74. The zero-order valence-corrected chi connectivity index (χ0v) is 15.9. The van der Waals surface area contributed by atoms with E-state index < -0.39 is 0 Å². The first-order valence-electron chi connectivity index (χ1n) is 9.03. The van der Waals surface area contributed by atoms with Gasteiger partial charge in [0.15, 0.2) is 0 Å². The van der Waals surface area contributed by atoms with E-state index in [0.717, 1.165) is 17.8 Å². The van der Waals surface area contributed by atoms with Crippen LogP contribution in [0.15, 0.2) is 54.6 Å². The van der Waals surface area contributed by atoms with Crippen LogP contribution in [0.3, 0.4) is 0 Å². The lowest BCUT2D eigenvalue weighted by molar-refractivity contribution is 0.0949. The van der Waals surface area contributed by atoms with Crippen LogP contribution in [-0.2, 0) is 6.42 Å². The molecule has 0 unspecified atom stereocenters. The van der Waals surface area contributed by atoms with Gasteiger partial charge in [0.25, 0.3) is 5.91 Å². The Morgan fingerprint density at radius 3 is 2.44 bits per heavy atom. The van der Waals surface area contributed by atoms with Crippen molar-refractivity contribution < 1.29 is 4.79 Å². The number of benzene rings is 2. The van der Waals surface area contributed by atoms with E-state index in [-0.39, 0.29) is 5.91 Å². The Morgan fingerprint density at radius 2 is 1.70 bits per heavy atom. The van der Waals surface area contributed by atoms with Crippen molar-refractivity contribution in [1.29, 1.82) is 0 Å². The van der Waals surface area contributed by atoms with Gasteiger partial charge in [-0.3, -0.25) is 4.79 Å². The molecular formula is C22H24N4O. The highest BCUT2D eigenvalue weighted by molar-refractivity contribution is 5.92. The molecule has 0 radical (unpaired) electrons. The van der Waals surface area contributed by atoms with E-state index in [1.807, 2.05) is 55.5 Å². The SMILES string of the molecule is Cc1cc(C(=O)NCCc2ccccc2)nc(Nc2ccc(C)c(C)c2)n1. The van der Waals surface area contributed by atoms with Gasteiger partial charge in [0.1, 0.15) is 5.69 Å². The molecule has 0 saturated heterocycles. The molecule has 1 heterocycles. The van der Waals surface area contributed by atoms with Crippen LogP contribution in [0.5, 0.6) is 0 Å². The van der Waals surface area contributed by atoms with E-state index in [0.29, 0.717) is 18.2 Å². The van der Waals surface area contributed by atoms with Crippen LogP contribution in [-0.4, -0.2) is 22.4 Å². The van der Waals surface area contributed by atoms with Crippen LogP contribution in [0, 0.1) is 20.8 Å². The zero-order chi connectivity index (χ0) is 19.2. The van der Waals surface area contributed by atoms with Crippen molar-refractivity contribution in [2.45, 2.75) is 27.2 Å². The lowest BCUT2D eigenvalue weighted by Crippen LogP contribution is -2.27. The first-order chi connectivity index (χ1) is 13.0. The molecule has 0 aliphatic carbocycles. The lowest BCUT2D eigenvalue weighted by atomic mass is 10.1. The molecule has 0 atom stereocenters. The average Bonchev–Trinajstić information content (AvgIpc) is 2.65. The number of hydrogen-bond donors (Lipinski definition) is 2. The molecule has 5 nitrogen and oxygen atoms in total. The summed E-state index contributed by atoms with van der Waals surface area (Å²) in [5.74, 6) is 0.228.